The number of hydrogen-bond acceptors (Lipinski definition) is 5. The summed E-state index contributed by atoms with van der Waals surface area (Å²) in [5, 5.41) is 3.01. The minimum absolute atomic E-state index is 0.533. The van der Waals surface area contributed by atoms with Crippen LogP contribution in [-0.4, -0.2) is 22.0 Å². The lowest BCUT2D eigenvalue weighted by Crippen LogP contribution is -2.01. The van der Waals surface area contributed by atoms with Gasteiger partial charge in [-0.05, 0) is 18.6 Å². The van der Waals surface area contributed by atoms with Crippen molar-refractivity contribution >= 4 is 5.82 Å². The Balaban J connectivity index is 2.24. The summed E-state index contributed by atoms with van der Waals surface area (Å²) in [5.41, 5.74) is 0. The monoisotopic (exact) mass is 244 g/mol. The second-order valence-corrected chi connectivity index (χ2v) is 3.80. The predicted octanol–water partition coefficient (Wildman–Crippen LogP) is 2.66. The lowest BCUT2D eigenvalue weighted by atomic mass is 10.3. The third-order valence-corrected chi connectivity index (χ3v) is 2.34. The third kappa shape index (κ3) is 3.16. The summed E-state index contributed by atoms with van der Waals surface area (Å²) < 4.78 is 5.65. The molecule has 94 valence electrons. The number of nitrogens with zero attached hydrogens (tertiary/aromatic N) is 3. The first kappa shape index (κ1) is 12.3. The standard InChI is InChI=1S/C13H16N4O/c1-3-5-11-16-12(14-2)8-13(17-11)18-10-6-4-7-15-9-10/h4,6-9H,3,5H2,1-2H3,(H,14,16,17). The highest BCUT2D eigenvalue weighted by atomic mass is 16.5. The molecule has 0 amide bonds. The average Bonchev–Trinajstić information content (AvgIpc) is 2.40. The van der Waals surface area contributed by atoms with Gasteiger partial charge in [-0.15, -0.1) is 0 Å². The van der Waals surface area contributed by atoms with Crippen LogP contribution in [0.5, 0.6) is 11.6 Å². The van der Waals surface area contributed by atoms with E-state index in [4.69, 9.17) is 4.74 Å². The summed E-state index contributed by atoms with van der Waals surface area (Å²) in [6.45, 7) is 2.09. The molecule has 0 atom stereocenters. The normalized spacial score (nSPS) is 10.1. The summed E-state index contributed by atoms with van der Waals surface area (Å²) in [6.07, 6.45) is 5.19. The topological polar surface area (TPSA) is 59.9 Å². The van der Waals surface area contributed by atoms with Crippen molar-refractivity contribution in [1.29, 1.82) is 0 Å². The second-order valence-electron chi connectivity index (χ2n) is 3.80. The van der Waals surface area contributed by atoms with Crippen LogP contribution in [0.25, 0.3) is 0 Å². The highest BCUT2D eigenvalue weighted by molar-refractivity contribution is 5.39. The van der Waals surface area contributed by atoms with Crippen LogP contribution in [0.2, 0.25) is 0 Å². The van der Waals surface area contributed by atoms with E-state index in [1.54, 1.807) is 18.5 Å². The SMILES string of the molecule is CCCc1nc(NC)cc(Oc2cccnc2)n1. The molecule has 18 heavy (non-hydrogen) atoms. The highest BCUT2D eigenvalue weighted by Crippen LogP contribution is 2.20. The molecule has 2 aromatic rings. The molecule has 0 aromatic carbocycles. The van der Waals surface area contributed by atoms with Gasteiger partial charge in [-0.1, -0.05) is 6.92 Å². The fourth-order valence-electron chi connectivity index (χ4n) is 1.52. The van der Waals surface area contributed by atoms with Gasteiger partial charge in [0, 0.05) is 25.7 Å². The maximum Gasteiger partial charge on any atom is 0.224 e. The maximum atomic E-state index is 5.65. The Morgan fingerprint density at radius 3 is 2.89 bits per heavy atom. The van der Waals surface area contributed by atoms with E-state index in [0.717, 1.165) is 24.5 Å². The second kappa shape index (κ2) is 5.95. The molecular weight excluding hydrogens is 228 g/mol. The number of ether oxygens (including phenoxy) is 1. The summed E-state index contributed by atoms with van der Waals surface area (Å²) in [7, 11) is 1.83. The van der Waals surface area contributed by atoms with Crippen molar-refractivity contribution in [2.45, 2.75) is 19.8 Å². The smallest absolute Gasteiger partial charge is 0.224 e. The largest absolute Gasteiger partial charge is 0.437 e. The van der Waals surface area contributed by atoms with Crippen molar-refractivity contribution in [3.63, 3.8) is 0 Å². The van der Waals surface area contributed by atoms with Crippen molar-refractivity contribution in [3.8, 4) is 11.6 Å². The zero-order valence-corrected chi connectivity index (χ0v) is 10.6. The number of rotatable bonds is 5. The molecule has 0 unspecified atom stereocenters. The van der Waals surface area contributed by atoms with E-state index >= 15 is 0 Å². The van der Waals surface area contributed by atoms with E-state index < -0.39 is 0 Å². The number of aryl methyl sites for hydroxylation is 1. The molecule has 0 aliphatic heterocycles. The molecule has 5 nitrogen and oxygen atoms in total. The Labute approximate surface area is 106 Å². The zero-order valence-electron chi connectivity index (χ0n) is 10.6. The van der Waals surface area contributed by atoms with Crippen LogP contribution in [-0.2, 0) is 6.42 Å². The van der Waals surface area contributed by atoms with Gasteiger partial charge in [0.1, 0.15) is 17.4 Å². The van der Waals surface area contributed by atoms with E-state index in [0.29, 0.717) is 11.6 Å². The first-order valence-electron chi connectivity index (χ1n) is 5.95. The minimum Gasteiger partial charge on any atom is -0.437 e. The van der Waals surface area contributed by atoms with Gasteiger partial charge in [0.05, 0.1) is 6.20 Å². The Hall–Kier alpha value is -2.17. The van der Waals surface area contributed by atoms with E-state index in [1.807, 2.05) is 19.2 Å². The van der Waals surface area contributed by atoms with Crippen LogP contribution >= 0.6 is 0 Å². The van der Waals surface area contributed by atoms with Crippen LogP contribution in [0, 0.1) is 0 Å². The van der Waals surface area contributed by atoms with Gasteiger partial charge in [0.2, 0.25) is 5.88 Å². The van der Waals surface area contributed by atoms with Crippen LogP contribution in [0.3, 0.4) is 0 Å². The molecule has 5 heteroatoms. The number of hydrogen-bond donors (Lipinski definition) is 1. The van der Waals surface area contributed by atoms with Crippen LogP contribution < -0.4 is 10.1 Å². The third-order valence-electron chi connectivity index (χ3n) is 2.34. The molecule has 0 fully saturated rings. The van der Waals surface area contributed by atoms with Gasteiger partial charge in [0.25, 0.3) is 0 Å². The number of nitrogens with one attached hydrogen (secondary N) is 1. The molecule has 0 aliphatic rings. The van der Waals surface area contributed by atoms with Crippen molar-refractivity contribution in [3.05, 3.63) is 36.4 Å². The van der Waals surface area contributed by atoms with Crippen LogP contribution in [0.1, 0.15) is 19.2 Å². The summed E-state index contributed by atoms with van der Waals surface area (Å²) in [5.74, 6) is 2.74. The molecule has 2 heterocycles. The summed E-state index contributed by atoms with van der Waals surface area (Å²) in [4.78, 5) is 12.7. The first-order chi connectivity index (χ1) is 8.81. The number of pyridine rings is 1. The Morgan fingerprint density at radius 1 is 1.33 bits per heavy atom. The van der Waals surface area contributed by atoms with Gasteiger partial charge >= 0.3 is 0 Å². The van der Waals surface area contributed by atoms with Gasteiger partial charge in [0.15, 0.2) is 0 Å². The number of aromatic nitrogens is 3. The summed E-state index contributed by atoms with van der Waals surface area (Å²) >= 11 is 0. The first-order valence-corrected chi connectivity index (χ1v) is 5.95. The molecule has 0 saturated heterocycles. The molecular formula is C13H16N4O. The van der Waals surface area contributed by atoms with E-state index in [9.17, 15) is 0 Å². The molecule has 2 aromatic heterocycles. The number of anilines is 1. The fraction of sp³-hybridized carbons (Fsp3) is 0.308. The Morgan fingerprint density at radius 2 is 2.22 bits per heavy atom. The molecule has 2 rings (SSSR count). The van der Waals surface area contributed by atoms with E-state index in [-0.39, 0.29) is 0 Å². The van der Waals surface area contributed by atoms with Crippen LogP contribution in [0.4, 0.5) is 5.82 Å². The zero-order chi connectivity index (χ0) is 12.8. The lowest BCUT2D eigenvalue weighted by Gasteiger charge is -2.08. The fourth-order valence-corrected chi connectivity index (χ4v) is 1.52. The lowest BCUT2D eigenvalue weighted by molar-refractivity contribution is 0.456. The molecule has 0 aliphatic carbocycles. The maximum absolute atomic E-state index is 5.65. The molecule has 1 N–H and O–H groups in total. The Bertz CT molecular complexity index is 502. The van der Waals surface area contributed by atoms with E-state index in [1.165, 1.54) is 0 Å². The van der Waals surface area contributed by atoms with E-state index in [2.05, 4.69) is 27.2 Å². The quantitative estimate of drug-likeness (QED) is 0.876. The van der Waals surface area contributed by atoms with Gasteiger partial charge in [-0.3, -0.25) is 4.98 Å². The molecule has 0 saturated carbocycles. The molecule has 0 spiro atoms. The van der Waals surface area contributed by atoms with Gasteiger partial charge < -0.3 is 10.1 Å². The molecule has 0 radical (unpaired) electrons. The highest BCUT2D eigenvalue weighted by Gasteiger charge is 2.05. The van der Waals surface area contributed by atoms with Gasteiger partial charge in [-0.25, -0.2) is 4.98 Å². The minimum atomic E-state index is 0.533. The van der Waals surface area contributed by atoms with Crippen LogP contribution in [0.15, 0.2) is 30.6 Å². The van der Waals surface area contributed by atoms with Crippen molar-refractivity contribution in [2.75, 3.05) is 12.4 Å². The summed E-state index contributed by atoms with van der Waals surface area (Å²) in [6, 6.07) is 5.43. The van der Waals surface area contributed by atoms with Crippen molar-refractivity contribution in [1.82, 2.24) is 15.0 Å². The van der Waals surface area contributed by atoms with Gasteiger partial charge in [-0.2, -0.15) is 4.98 Å². The Kier molecular flexibility index (Phi) is 4.06. The molecule has 0 bridgehead atoms. The average molecular weight is 244 g/mol. The van der Waals surface area contributed by atoms with Crippen molar-refractivity contribution < 1.29 is 4.74 Å². The van der Waals surface area contributed by atoms with Crippen molar-refractivity contribution in [2.24, 2.45) is 0 Å². The predicted molar refractivity (Wildman–Crippen MR) is 69.9 cm³/mol.